The van der Waals surface area contributed by atoms with Gasteiger partial charge in [0.05, 0.1) is 11.1 Å². The van der Waals surface area contributed by atoms with Crippen LogP contribution in [-0.2, 0) is 5.41 Å². The Morgan fingerprint density at radius 2 is 0.812 bits per heavy atom. The number of nitrogens with zero attached hydrogens (tertiary/aromatic N) is 1. The van der Waals surface area contributed by atoms with Crippen molar-refractivity contribution in [2.45, 2.75) is 5.41 Å². The largest absolute Gasteiger partial charge is 0.456 e. The second-order valence-corrected chi connectivity index (χ2v) is 16.8. The molecule has 1 aliphatic rings. The highest BCUT2D eigenvalue weighted by Gasteiger charge is 2.47. The van der Waals surface area contributed by atoms with Crippen LogP contribution in [0, 0.1) is 0 Å². The minimum atomic E-state index is -0.530. The van der Waals surface area contributed by atoms with E-state index in [1.165, 1.54) is 44.5 Å². The summed E-state index contributed by atoms with van der Waals surface area (Å²) in [6.45, 7) is 0. The molecule has 0 saturated carbocycles. The Kier molecular flexibility index (Phi) is 8.13. The molecule has 0 N–H and O–H groups in total. The van der Waals surface area contributed by atoms with Crippen molar-refractivity contribution in [2.75, 3.05) is 4.90 Å². The van der Waals surface area contributed by atoms with E-state index in [0.29, 0.717) is 0 Å². The van der Waals surface area contributed by atoms with E-state index < -0.39 is 5.41 Å². The van der Waals surface area contributed by atoms with E-state index in [0.717, 1.165) is 72.1 Å². The fourth-order valence-corrected chi connectivity index (χ4v) is 10.5. The van der Waals surface area contributed by atoms with E-state index >= 15 is 0 Å². The summed E-state index contributed by atoms with van der Waals surface area (Å²) in [5, 5.41) is 4.16. The summed E-state index contributed by atoms with van der Waals surface area (Å²) < 4.78 is 13.3. The summed E-state index contributed by atoms with van der Waals surface area (Å²) in [5.41, 5.74) is 18.1. The number of hydrogen-bond donors (Lipinski definition) is 0. The highest BCUT2D eigenvalue weighted by Crippen LogP contribution is 2.59. The maximum absolute atomic E-state index is 6.67. The lowest BCUT2D eigenvalue weighted by molar-refractivity contribution is 0.664. The first-order valence-electron chi connectivity index (χ1n) is 21.9. The van der Waals surface area contributed by atoms with Crippen LogP contribution in [0.5, 0.6) is 0 Å². The third-order valence-corrected chi connectivity index (χ3v) is 13.3. The van der Waals surface area contributed by atoms with Crippen molar-refractivity contribution in [1.82, 2.24) is 0 Å². The van der Waals surface area contributed by atoms with Gasteiger partial charge in [0.15, 0.2) is 0 Å². The van der Waals surface area contributed by atoms with Crippen LogP contribution in [0.2, 0.25) is 0 Å². The Labute approximate surface area is 370 Å². The van der Waals surface area contributed by atoms with E-state index in [1.807, 2.05) is 6.07 Å². The summed E-state index contributed by atoms with van der Waals surface area (Å²) in [4.78, 5) is 2.43. The van der Waals surface area contributed by atoms with Crippen molar-refractivity contribution < 1.29 is 8.83 Å². The SMILES string of the molecule is c1ccc(-c2ccc(N(c3ccc4oc5cc6c(cc5c4c3)oc3cc(-c4ccccc4)ccc36)c3cccc4c3-c3ccccc3C4(c3ccccc3)c3ccccc3)cc2)cc1. The van der Waals surface area contributed by atoms with Crippen molar-refractivity contribution in [1.29, 1.82) is 0 Å². The zero-order valence-electron chi connectivity index (χ0n) is 34.8. The Bertz CT molecular complexity index is 3660. The topological polar surface area (TPSA) is 29.5 Å². The van der Waals surface area contributed by atoms with Crippen LogP contribution in [0.1, 0.15) is 22.3 Å². The highest BCUT2D eigenvalue weighted by atomic mass is 16.3. The zero-order chi connectivity index (χ0) is 42.2. The second kappa shape index (κ2) is 14.3. The summed E-state index contributed by atoms with van der Waals surface area (Å²) in [6.07, 6.45) is 0. The normalized spacial score (nSPS) is 12.8. The van der Waals surface area contributed by atoms with Crippen molar-refractivity contribution in [3.63, 3.8) is 0 Å². The van der Waals surface area contributed by atoms with Gasteiger partial charge in [0.2, 0.25) is 0 Å². The molecule has 0 aliphatic heterocycles. The van der Waals surface area contributed by atoms with Crippen LogP contribution in [0.15, 0.2) is 245 Å². The molecule has 64 heavy (non-hydrogen) atoms. The third-order valence-electron chi connectivity index (χ3n) is 13.3. The average molecular weight is 818 g/mol. The predicted molar refractivity (Wildman–Crippen MR) is 264 cm³/mol. The Morgan fingerprint density at radius 1 is 0.312 bits per heavy atom. The van der Waals surface area contributed by atoms with E-state index in [4.69, 9.17) is 8.83 Å². The molecule has 1 aliphatic carbocycles. The third kappa shape index (κ3) is 5.47. The molecule has 2 heterocycles. The second-order valence-electron chi connectivity index (χ2n) is 16.8. The number of rotatable bonds is 7. The van der Waals surface area contributed by atoms with Gasteiger partial charge in [-0.05, 0) is 111 Å². The van der Waals surface area contributed by atoms with Crippen LogP contribution in [0.25, 0.3) is 77.3 Å². The fourth-order valence-electron chi connectivity index (χ4n) is 10.5. The van der Waals surface area contributed by atoms with Gasteiger partial charge in [0.1, 0.15) is 22.3 Å². The Morgan fingerprint density at radius 3 is 1.50 bits per heavy atom. The maximum atomic E-state index is 6.67. The van der Waals surface area contributed by atoms with Gasteiger partial charge in [0, 0.05) is 38.5 Å². The molecule has 0 radical (unpaired) electrons. The van der Waals surface area contributed by atoms with E-state index in [-0.39, 0.29) is 0 Å². The lowest BCUT2D eigenvalue weighted by atomic mass is 9.68. The molecule has 0 amide bonds. The van der Waals surface area contributed by atoms with Gasteiger partial charge in [-0.2, -0.15) is 0 Å². The smallest absolute Gasteiger partial charge is 0.136 e. The van der Waals surface area contributed by atoms with Gasteiger partial charge < -0.3 is 13.7 Å². The lowest BCUT2D eigenvalue weighted by Crippen LogP contribution is -2.28. The van der Waals surface area contributed by atoms with Crippen molar-refractivity contribution in [3.05, 3.63) is 259 Å². The molecule has 0 bridgehead atoms. The molecule has 0 saturated heterocycles. The van der Waals surface area contributed by atoms with Crippen LogP contribution in [-0.4, -0.2) is 0 Å². The molecule has 0 spiro atoms. The molecule has 0 unspecified atom stereocenters. The molecule has 0 atom stereocenters. The average Bonchev–Trinajstić information content (AvgIpc) is 4.02. The van der Waals surface area contributed by atoms with Gasteiger partial charge >= 0.3 is 0 Å². The zero-order valence-corrected chi connectivity index (χ0v) is 34.8. The van der Waals surface area contributed by atoms with Crippen LogP contribution in [0.4, 0.5) is 17.1 Å². The number of hydrogen-bond acceptors (Lipinski definition) is 3. The highest BCUT2D eigenvalue weighted by molar-refractivity contribution is 6.16. The summed E-state index contributed by atoms with van der Waals surface area (Å²) in [5.74, 6) is 0. The van der Waals surface area contributed by atoms with E-state index in [9.17, 15) is 0 Å². The van der Waals surface area contributed by atoms with Crippen molar-refractivity contribution in [3.8, 4) is 33.4 Å². The fraction of sp³-hybridized carbons (Fsp3) is 0.0164. The number of fused-ring (bicyclic) bond motifs is 9. The molecule has 10 aromatic carbocycles. The molecule has 12 aromatic rings. The predicted octanol–water partition coefficient (Wildman–Crippen LogP) is 16.7. The minimum absolute atomic E-state index is 0.530. The van der Waals surface area contributed by atoms with Gasteiger partial charge in [-0.3, -0.25) is 0 Å². The Hall–Kier alpha value is -8.40. The molecule has 300 valence electrons. The standard InChI is InChI=1S/C61H39NO2/c1-5-16-40(17-6-1)42-28-31-46(32-29-42)62(55-27-15-26-54-60(55)49-24-13-14-25-53(49)61(54,44-20-9-3-10-21-44)45-22-11-4-12-23-45)47-33-35-56-50(37-47)52-39-58-51(38-59(52)63-56)48-34-30-43(36-57(48)64-58)41-18-7-2-8-19-41/h1-39H. The number of furan rings is 2. The molecule has 0 fully saturated rings. The summed E-state index contributed by atoms with van der Waals surface area (Å²) in [7, 11) is 0. The summed E-state index contributed by atoms with van der Waals surface area (Å²) >= 11 is 0. The van der Waals surface area contributed by atoms with Gasteiger partial charge in [0.25, 0.3) is 0 Å². The van der Waals surface area contributed by atoms with Crippen LogP contribution >= 0.6 is 0 Å². The summed E-state index contributed by atoms with van der Waals surface area (Å²) in [6, 6.07) is 85.2. The molecule has 13 rings (SSSR count). The van der Waals surface area contributed by atoms with Gasteiger partial charge in [-0.15, -0.1) is 0 Å². The minimum Gasteiger partial charge on any atom is -0.456 e. The number of benzene rings is 10. The molecule has 3 nitrogen and oxygen atoms in total. The Balaban J connectivity index is 1.03. The van der Waals surface area contributed by atoms with Gasteiger partial charge in [-0.25, -0.2) is 0 Å². The molecule has 3 heteroatoms. The first-order chi connectivity index (χ1) is 31.7. The van der Waals surface area contributed by atoms with E-state index in [1.54, 1.807) is 0 Å². The maximum Gasteiger partial charge on any atom is 0.136 e. The van der Waals surface area contributed by atoms with E-state index in [2.05, 4.69) is 235 Å². The monoisotopic (exact) mass is 817 g/mol. The number of anilines is 3. The first-order valence-corrected chi connectivity index (χ1v) is 21.9. The van der Waals surface area contributed by atoms with Crippen LogP contribution < -0.4 is 4.90 Å². The molecular formula is C61H39NO2. The van der Waals surface area contributed by atoms with Gasteiger partial charge in [-0.1, -0.05) is 176 Å². The van der Waals surface area contributed by atoms with Crippen LogP contribution in [0.3, 0.4) is 0 Å². The lowest BCUT2D eigenvalue weighted by Gasteiger charge is -2.34. The van der Waals surface area contributed by atoms with Crippen molar-refractivity contribution >= 4 is 60.9 Å². The quantitative estimate of drug-likeness (QED) is 0.160. The van der Waals surface area contributed by atoms with Crippen molar-refractivity contribution in [2.24, 2.45) is 0 Å². The molecule has 2 aromatic heterocycles. The molecular weight excluding hydrogens is 779 g/mol. The first kappa shape index (κ1) is 36.3.